The maximum atomic E-state index is 13.9. The van der Waals surface area contributed by atoms with Gasteiger partial charge in [-0.3, -0.25) is 4.79 Å². The summed E-state index contributed by atoms with van der Waals surface area (Å²) in [5.41, 5.74) is -1.84. The van der Waals surface area contributed by atoms with Gasteiger partial charge in [0.25, 0.3) is 0 Å². The monoisotopic (exact) mass is 611 g/mol. The molecule has 39 heavy (non-hydrogen) atoms. The first-order valence-electron chi connectivity index (χ1n) is 12.2. The summed E-state index contributed by atoms with van der Waals surface area (Å²) in [6.45, 7) is 5.11. The Morgan fingerprint density at radius 2 is 1.77 bits per heavy atom. The lowest BCUT2D eigenvalue weighted by Crippen LogP contribution is -2.54. The van der Waals surface area contributed by atoms with Gasteiger partial charge in [0, 0.05) is 39.3 Å². The molecule has 6 nitrogen and oxygen atoms in total. The minimum atomic E-state index is -4.87. The van der Waals surface area contributed by atoms with Crippen molar-refractivity contribution >= 4 is 39.1 Å². The van der Waals surface area contributed by atoms with Crippen molar-refractivity contribution in [3.05, 3.63) is 69.0 Å². The molecule has 2 unspecified atom stereocenters. The van der Waals surface area contributed by atoms with Crippen molar-refractivity contribution in [2.45, 2.75) is 44.4 Å². The molecule has 13 heteroatoms. The summed E-state index contributed by atoms with van der Waals surface area (Å²) in [4.78, 5) is 17.3. The number of hydrogen-bond acceptors (Lipinski definition) is 4. The molecular formula is C26H31Cl2F4N3O3S. The van der Waals surface area contributed by atoms with Crippen LogP contribution in [0.3, 0.4) is 0 Å². The third kappa shape index (κ3) is 7.43. The van der Waals surface area contributed by atoms with E-state index in [4.69, 9.17) is 23.2 Å². The second-order valence-corrected chi connectivity index (χ2v) is 13.0. The van der Waals surface area contributed by atoms with Crippen molar-refractivity contribution in [3.8, 4) is 0 Å². The lowest BCUT2D eigenvalue weighted by atomic mass is 9.77. The lowest BCUT2D eigenvalue weighted by molar-refractivity contribution is -0.140. The second-order valence-electron chi connectivity index (χ2n) is 10.2. The molecule has 0 aromatic heterocycles. The van der Waals surface area contributed by atoms with Gasteiger partial charge in [0.2, 0.25) is 15.9 Å². The smallest absolute Gasteiger partial charge is 0.341 e. The third-order valence-electron chi connectivity index (χ3n) is 7.14. The number of rotatable bonds is 8. The molecule has 1 aliphatic rings. The van der Waals surface area contributed by atoms with Crippen LogP contribution in [0.4, 0.5) is 17.6 Å². The highest BCUT2D eigenvalue weighted by Crippen LogP contribution is 2.36. The van der Waals surface area contributed by atoms with Gasteiger partial charge in [-0.05, 0) is 62.2 Å². The molecule has 2 aromatic carbocycles. The van der Waals surface area contributed by atoms with E-state index in [-0.39, 0.29) is 29.1 Å². The summed E-state index contributed by atoms with van der Waals surface area (Å²) >= 11 is 12.4. The normalized spacial score (nSPS) is 19.1. The summed E-state index contributed by atoms with van der Waals surface area (Å²) in [5, 5.41) is 0.555. The Morgan fingerprint density at radius 3 is 2.33 bits per heavy atom. The number of nitrogens with zero attached hydrogens (tertiary/aromatic N) is 3. The first kappa shape index (κ1) is 31.6. The Labute approximate surface area is 236 Å². The van der Waals surface area contributed by atoms with Crippen molar-refractivity contribution in [1.29, 1.82) is 0 Å². The van der Waals surface area contributed by atoms with Crippen LogP contribution in [0.15, 0.2) is 36.4 Å². The molecule has 1 saturated heterocycles. The maximum absolute atomic E-state index is 13.9. The van der Waals surface area contributed by atoms with Gasteiger partial charge in [0.05, 0.1) is 27.3 Å². The van der Waals surface area contributed by atoms with Gasteiger partial charge >= 0.3 is 6.18 Å². The molecule has 0 N–H and O–H groups in total. The van der Waals surface area contributed by atoms with E-state index < -0.39 is 33.0 Å². The molecule has 2 aromatic rings. The van der Waals surface area contributed by atoms with E-state index in [2.05, 4.69) is 4.90 Å². The number of likely N-dealkylation sites (N-methyl/N-ethyl adjacent to an activating group) is 1. The summed E-state index contributed by atoms with van der Waals surface area (Å²) in [6.07, 6.45) is -3.37. The number of carbonyl (C=O) groups is 1. The average molecular weight is 613 g/mol. The van der Waals surface area contributed by atoms with E-state index in [1.165, 1.54) is 28.6 Å². The zero-order chi connectivity index (χ0) is 29.3. The van der Waals surface area contributed by atoms with Crippen molar-refractivity contribution in [3.63, 3.8) is 0 Å². The Balaban J connectivity index is 1.85. The molecule has 0 radical (unpaired) electrons. The van der Waals surface area contributed by atoms with Crippen LogP contribution in [0.1, 0.15) is 37.0 Å². The van der Waals surface area contributed by atoms with Crippen LogP contribution in [0.2, 0.25) is 10.0 Å². The van der Waals surface area contributed by atoms with Crippen LogP contribution in [0.5, 0.6) is 0 Å². The van der Waals surface area contributed by atoms with Crippen LogP contribution >= 0.6 is 23.2 Å². The maximum Gasteiger partial charge on any atom is 0.419 e. The summed E-state index contributed by atoms with van der Waals surface area (Å²) < 4.78 is 78.9. The standard InChI is InChI=1S/C26H31Cl2F4N3O3S/c1-17-15-34(11-12-35(17)39(4,37)38)10-9-25(2,19-6-7-21(27)22(28)14-19)24(36)33(3)16-18-5-8-23(29)20(13-18)26(30,31)32/h5-8,13-14,17H,9-12,15-16H2,1-4H3. The van der Waals surface area contributed by atoms with E-state index >= 15 is 0 Å². The first-order chi connectivity index (χ1) is 17.9. The van der Waals surface area contributed by atoms with Gasteiger partial charge in [-0.2, -0.15) is 17.5 Å². The molecule has 216 valence electrons. The van der Waals surface area contributed by atoms with Gasteiger partial charge in [0.15, 0.2) is 0 Å². The summed E-state index contributed by atoms with van der Waals surface area (Å²) in [6, 6.07) is 7.28. The largest absolute Gasteiger partial charge is 0.419 e. The quantitative estimate of drug-likeness (QED) is 0.374. The van der Waals surface area contributed by atoms with Crippen LogP contribution in [-0.2, 0) is 33.0 Å². The SMILES string of the molecule is CC1CN(CCC(C)(C(=O)N(C)Cc2ccc(F)c(C(F)(F)F)c2)c2ccc(Cl)c(Cl)c2)CCN1S(C)(=O)=O. The fourth-order valence-corrected chi connectivity index (χ4v) is 6.39. The van der Waals surface area contributed by atoms with Gasteiger partial charge in [-0.1, -0.05) is 35.3 Å². The Kier molecular flexibility index (Phi) is 9.64. The van der Waals surface area contributed by atoms with Gasteiger partial charge in [-0.15, -0.1) is 0 Å². The minimum absolute atomic E-state index is 0.127. The molecule has 1 heterocycles. The molecule has 0 aliphatic carbocycles. The number of amides is 1. The third-order valence-corrected chi connectivity index (χ3v) is 9.27. The number of sulfonamides is 1. The number of piperazine rings is 1. The van der Waals surface area contributed by atoms with Gasteiger partial charge in [-0.25, -0.2) is 12.8 Å². The average Bonchev–Trinajstić information content (AvgIpc) is 2.83. The highest BCUT2D eigenvalue weighted by molar-refractivity contribution is 7.88. The number of carbonyl (C=O) groups excluding carboxylic acids is 1. The minimum Gasteiger partial charge on any atom is -0.341 e. The van der Waals surface area contributed by atoms with Crippen molar-refractivity contribution in [2.75, 3.05) is 39.5 Å². The van der Waals surface area contributed by atoms with Crippen molar-refractivity contribution in [1.82, 2.24) is 14.1 Å². The molecular weight excluding hydrogens is 581 g/mol. The predicted molar refractivity (Wildman–Crippen MR) is 144 cm³/mol. The Bertz CT molecular complexity index is 1330. The molecule has 0 saturated carbocycles. The molecule has 0 bridgehead atoms. The molecule has 1 amide bonds. The number of halogens is 6. The highest BCUT2D eigenvalue weighted by atomic mass is 35.5. The van der Waals surface area contributed by atoms with Crippen LogP contribution in [0.25, 0.3) is 0 Å². The Morgan fingerprint density at radius 1 is 1.10 bits per heavy atom. The lowest BCUT2D eigenvalue weighted by Gasteiger charge is -2.40. The number of alkyl halides is 3. The fraction of sp³-hybridized carbons (Fsp3) is 0.500. The highest BCUT2D eigenvalue weighted by Gasteiger charge is 2.40. The molecule has 3 rings (SSSR count). The van der Waals surface area contributed by atoms with E-state index in [1.807, 2.05) is 6.92 Å². The topological polar surface area (TPSA) is 60.9 Å². The van der Waals surface area contributed by atoms with Crippen LogP contribution in [0, 0.1) is 5.82 Å². The van der Waals surface area contributed by atoms with E-state index in [1.54, 1.807) is 25.1 Å². The van der Waals surface area contributed by atoms with Crippen LogP contribution < -0.4 is 0 Å². The van der Waals surface area contributed by atoms with Crippen molar-refractivity contribution < 1.29 is 30.8 Å². The van der Waals surface area contributed by atoms with E-state index in [0.717, 1.165) is 6.07 Å². The zero-order valence-electron chi connectivity index (χ0n) is 22.0. The second kappa shape index (κ2) is 11.9. The number of hydrogen-bond donors (Lipinski definition) is 0. The molecule has 2 atom stereocenters. The number of benzene rings is 2. The molecule has 0 spiro atoms. The van der Waals surface area contributed by atoms with Crippen molar-refractivity contribution in [2.24, 2.45) is 0 Å². The van der Waals surface area contributed by atoms with Gasteiger partial charge in [0.1, 0.15) is 5.82 Å². The Hall–Kier alpha value is -1.92. The van der Waals surface area contributed by atoms with E-state index in [9.17, 15) is 30.8 Å². The van der Waals surface area contributed by atoms with E-state index in [0.29, 0.717) is 49.3 Å². The zero-order valence-corrected chi connectivity index (χ0v) is 24.4. The molecule has 1 aliphatic heterocycles. The predicted octanol–water partition coefficient (Wildman–Crippen LogP) is 5.42. The summed E-state index contributed by atoms with van der Waals surface area (Å²) in [5.74, 6) is -1.76. The molecule has 1 fully saturated rings. The van der Waals surface area contributed by atoms with Crippen LogP contribution in [-0.4, -0.2) is 74.0 Å². The first-order valence-corrected chi connectivity index (χ1v) is 14.8. The van der Waals surface area contributed by atoms with Gasteiger partial charge < -0.3 is 9.80 Å². The fourth-order valence-electron chi connectivity index (χ4n) is 4.96. The summed E-state index contributed by atoms with van der Waals surface area (Å²) in [7, 11) is -1.86.